The molecule has 0 radical (unpaired) electrons. The van der Waals surface area contributed by atoms with Gasteiger partial charge in [0.1, 0.15) is 0 Å². The van der Waals surface area contributed by atoms with Crippen molar-refractivity contribution in [3.05, 3.63) is 33.3 Å². The quantitative estimate of drug-likeness (QED) is 0.773. The molecule has 0 aliphatic heterocycles. The van der Waals surface area contributed by atoms with Gasteiger partial charge in [0, 0.05) is 24.1 Å². The van der Waals surface area contributed by atoms with Gasteiger partial charge in [-0.25, -0.2) is 0 Å². The second kappa shape index (κ2) is 8.09. The van der Waals surface area contributed by atoms with E-state index in [1.807, 2.05) is 12.1 Å². The number of rotatable bonds is 7. The van der Waals surface area contributed by atoms with Gasteiger partial charge in [0.25, 0.3) is 0 Å². The van der Waals surface area contributed by atoms with E-state index in [-0.39, 0.29) is 0 Å². The summed E-state index contributed by atoms with van der Waals surface area (Å²) < 4.78 is 0.954. The van der Waals surface area contributed by atoms with Crippen LogP contribution in [0.5, 0.6) is 0 Å². The van der Waals surface area contributed by atoms with Crippen LogP contribution in [0.2, 0.25) is 5.02 Å². The minimum absolute atomic E-state index is 0.778. The van der Waals surface area contributed by atoms with Gasteiger partial charge in [0.2, 0.25) is 0 Å². The third kappa shape index (κ3) is 5.87. The van der Waals surface area contributed by atoms with E-state index in [0.29, 0.717) is 0 Å². The molecule has 0 aromatic heterocycles. The molecule has 96 valence electrons. The topological polar surface area (TPSA) is 15.3 Å². The largest absolute Gasteiger partial charge is 0.315 e. The van der Waals surface area contributed by atoms with E-state index < -0.39 is 0 Å². The van der Waals surface area contributed by atoms with Crippen molar-refractivity contribution in [3.8, 4) is 0 Å². The van der Waals surface area contributed by atoms with Gasteiger partial charge in [0.05, 0.1) is 5.02 Å². The molecule has 1 N–H and O–H groups in total. The van der Waals surface area contributed by atoms with Crippen molar-refractivity contribution in [2.24, 2.45) is 0 Å². The molecule has 0 bridgehead atoms. The summed E-state index contributed by atoms with van der Waals surface area (Å²) >= 11 is 9.46. The van der Waals surface area contributed by atoms with E-state index in [0.717, 1.165) is 35.7 Å². The predicted octanol–water partition coefficient (Wildman–Crippen LogP) is 3.53. The summed E-state index contributed by atoms with van der Waals surface area (Å²) in [5.74, 6) is 0. The Labute approximate surface area is 117 Å². The molecule has 0 spiro atoms. The monoisotopic (exact) mass is 318 g/mol. The molecule has 0 amide bonds. The molecule has 4 heteroatoms. The zero-order chi connectivity index (χ0) is 12.7. The SMILES string of the molecule is CCCNCCN(C)Cc1ccc(Br)c(Cl)c1. The molecule has 1 aromatic rings. The van der Waals surface area contributed by atoms with Gasteiger partial charge >= 0.3 is 0 Å². The summed E-state index contributed by atoms with van der Waals surface area (Å²) in [6.45, 7) is 6.29. The minimum Gasteiger partial charge on any atom is -0.315 e. The average molecular weight is 320 g/mol. The fourth-order valence-corrected chi connectivity index (χ4v) is 2.05. The van der Waals surface area contributed by atoms with E-state index >= 15 is 0 Å². The lowest BCUT2D eigenvalue weighted by Crippen LogP contribution is -2.29. The van der Waals surface area contributed by atoms with Gasteiger partial charge in [0.15, 0.2) is 0 Å². The van der Waals surface area contributed by atoms with Crippen LogP contribution in [0.25, 0.3) is 0 Å². The summed E-state index contributed by atoms with van der Waals surface area (Å²) in [4.78, 5) is 2.29. The summed E-state index contributed by atoms with van der Waals surface area (Å²) in [6.07, 6.45) is 1.19. The number of nitrogens with one attached hydrogen (secondary N) is 1. The standard InChI is InChI=1S/C13H20BrClN2/c1-3-6-16-7-8-17(2)10-11-4-5-12(14)13(15)9-11/h4-5,9,16H,3,6-8,10H2,1-2H3. The van der Waals surface area contributed by atoms with Crippen LogP contribution in [0.3, 0.4) is 0 Å². The van der Waals surface area contributed by atoms with Crippen LogP contribution in [-0.2, 0) is 6.54 Å². The predicted molar refractivity (Wildman–Crippen MR) is 78.6 cm³/mol. The molecule has 0 aliphatic carbocycles. The van der Waals surface area contributed by atoms with Crippen LogP contribution in [0.15, 0.2) is 22.7 Å². The number of benzene rings is 1. The van der Waals surface area contributed by atoms with Crippen LogP contribution in [-0.4, -0.2) is 31.6 Å². The highest BCUT2D eigenvalue weighted by atomic mass is 79.9. The van der Waals surface area contributed by atoms with Crippen molar-refractivity contribution in [1.29, 1.82) is 0 Å². The Bertz CT molecular complexity index is 344. The van der Waals surface area contributed by atoms with Crippen LogP contribution >= 0.6 is 27.5 Å². The number of nitrogens with zero attached hydrogens (tertiary/aromatic N) is 1. The maximum atomic E-state index is 6.07. The molecule has 0 aliphatic rings. The zero-order valence-electron chi connectivity index (χ0n) is 10.5. The molecule has 0 unspecified atom stereocenters. The lowest BCUT2D eigenvalue weighted by Gasteiger charge is -2.17. The van der Waals surface area contributed by atoms with Crippen LogP contribution < -0.4 is 5.32 Å². The van der Waals surface area contributed by atoms with Crippen molar-refractivity contribution in [2.45, 2.75) is 19.9 Å². The summed E-state index contributed by atoms with van der Waals surface area (Å²) in [5, 5.41) is 4.17. The molecule has 0 fully saturated rings. The molecule has 17 heavy (non-hydrogen) atoms. The van der Waals surface area contributed by atoms with Gasteiger partial charge < -0.3 is 10.2 Å². The third-order valence-corrected chi connectivity index (χ3v) is 3.77. The smallest absolute Gasteiger partial charge is 0.0551 e. The van der Waals surface area contributed by atoms with Crippen molar-refractivity contribution in [2.75, 3.05) is 26.7 Å². The van der Waals surface area contributed by atoms with Gasteiger partial charge in [-0.2, -0.15) is 0 Å². The van der Waals surface area contributed by atoms with Gasteiger partial charge in [-0.05, 0) is 53.6 Å². The molecular formula is C13H20BrClN2. The van der Waals surface area contributed by atoms with E-state index in [2.05, 4.69) is 46.2 Å². The van der Waals surface area contributed by atoms with Gasteiger partial charge in [-0.1, -0.05) is 24.6 Å². The number of hydrogen-bond acceptors (Lipinski definition) is 2. The number of halogens is 2. The summed E-state index contributed by atoms with van der Waals surface area (Å²) in [6, 6.07) is 6.12. The molecule has 2 nitrogen and oxygen atoms in total. The molecular weight excluding hydrogens is 300 g/mol. The first-order valence-electron chi connectivity index (χ1n) is 5.96. The van der Waals surface area contributed by atoms with Crippen molar-refractivity contribution >= 4 is 27.5 Å². The Morgan fingerprint density at radius 3 is 2.76 bits per heavy atom. The molecule has 0 saturated heterocycles. The highest BCUT2D eigenvalue weighted by Gasteiger charge is 2.02. The average Bonchev–Trinajstić information content (AvgIpc) is 2.30. The summed E-state index contributed by atoms with van der Waals surface area (Å²) in [5.41, 5.74) is 1.25. The van der Waals surface area contributed by atoms with E-state index in [4.69, 9.17) is 11.6 Å². The highest BCUT2D eigenvalue weighted by molar-refractivity contribution is 9.10. The van der Waals surface area contributed by atoms with Crippen molar-refractivity contribution < 1.29 is 0 Å². The van der Waals surface area contributed by atoms with E-state index in [9.17, 15) is 0 Å². The maximum absolute atomic E-state index is 6.07. The Balaban J connectivity index is 2.34. The maximum Gasteiger partial charge on any atom is 0.0551 e. The number of likely N-dealkylation sites (N-methyl/N-ethyl adjacent to an activating group) is 1. The Morgan fingerprint density at radius 1 is 1.35 bits per heavy atom. The van der Waals surface area contributed by atoms with Crippen LogP contribution in [0, 0.1) is 0 Å². The highest BCUT2D eigenvalue weighted by Crippen LogP contribution is 2.23. The van der Waals surface area contributed by atoms with Crippen molar-refractivity contribution in [3.63, 3.8) is 0 Å². The fraction of sp³-hybridized carbons (Fsp3) is 0.538. The zero-order valence-corrected chi connectivity index (χ0v) is 12.8. The first kappa shape index (κ1) is 15.0. The Kier molecular flexibility index (Phi) is 7.12. The van der Waals surface area contributed by atoms with Gasteiger partial charge in [-0.15, -0.1) is 0 Å². The van der Waals surface area contributed by atoms with Gasteiger partial charge in [-0.3, -0.25) is 0 Å². The molecule has 0 heterocycles. The fourth-order valence-electron chi connectivity index (χ4n) is 1.60. The normalized spacial score (nSPS) is 11.1. The Hall–Kier alpha value is -0.0900. The Morgan fingerprint density at radius 2 is 2.12 bits per heavy atom. The lowest BCUT2D eigenvalue weighted by atomic mass is 10.2. The third-order valence-electron chi connectivity index (χ3n) is 2.53. The molecule has 1 aromatic carbocycles. The lowest BCUT2D eigenvalue weighted by molar-refractivity contribution is 0.324. The first-order valence-corrected chi connectivity index (χ1v) is 7.13. The second-order valence-corrected chi connectivity index (χ2v) is 5.50. The second-order valence-electron chi connectivity index (χ2n) is 4.24. The van der Waals surface area contributed by atoms with E-state index in [1.54, 1.807) is 0 Å². The molecule has 0 atom stereocenters. The van der Waals surface area contributed by atoms with Crippen molar-refractivity contribution in [1.82, 2.24) is 10.2 Å². The molecule has 1 rings (SSSR count). The minimum atomic E-state index is 0.778. The first-order chi connectivity index (χ1) is 8.13. The van der Waals surface area contributed by atoms with E-state index in [1.165, 1.54) is 12.0 Å². The van der Waals surface area contributed by atoms with Crippen LogP contribution in [0.4, 0.5) is 0 Å². The van der Waals surface area contributed by atoms with Crippen LogP contribution in [0.1, 0.15) is 18.9 Å². The number of hydrogen-bond donors (Lipinski definition) is 1. The summed E-state index contributed by atoms with van der Waals surface area (Å²) in [7, 11) is 2.13. The molecule has 0 saturated carbocycles.